The van der Waals surface area contributed by atoms with Crippen LogP contribution in [0.4, 0.5) is 11.4 Å². The fourth-order valence-electron chi connectivity index (χ4n) is 19.2. The zero-order valence-electron chi connectivity index (χ0n) is 78.1. The summed E-state index contributed by atoms with van der Waals surface area (Å²) in [5.74, 6) is 2.37. The number of fused-ring (bicyclic) bond motifs is 8. The van der Waals surface area contributed by atoms with Gasteiger partial charge in [0.2, 0.25) is 59.1 Å². The summed E-state index contributed by atoms with van der Waals surface area (Å²) >= 11 is -1.96. The average molecular weight is 1870 g/mol. The number of aromatic hydroxyl groups is 1. The molecule has 730 valence electrons. The number of carbonyl (C=O) groups is 10. The van der Waals surface area contributed by atoms with E-state index in [1.807, 2.05) is 92.7 Å². The number of anilines is 2. The summed E-state index contributed by atoms with van der Waals surface area (Å²) in [5.41, 5.74) is 14.2. The molecule has 0 bridgehead atoms. The molecule has 10 rings (SSSR count). The van der Waals surface area contributed by atoms with Gasteiger partial charge in [0.25, 0.3) is 0 Å². The molecule has 0 saturated heterocycles. The third-order valence-electron chi connectivity index (χ3n) is 26.4. The van der Waals surface area contributed by atoms with Crippen molar-refractivity contribution in [2.45, 2.75) is 212 Å². The second kappa shape index (κ2) is 54.7. The van der Waals surface area contributed by atoms with E-state index in [0.29, 0.717) is 121 Å². The maximum absolute atomic E-state index is 14.9. The van der Waals surface area contributed by atoms with E-state index in [0.717, 1.165) is 103 Å². The molecule has 10 amide bonds. The first-order valence-electron chi connectivity index (χ1n) is 47.6. The predicted octanol–water partition coefficient (Wildman–Crippen LogP) is 7.75. The van der Waals surface area contributed by atoms with Crippen molar-refractivity contribution in [1.29, 1.82) is 0 Å². The number of nitrogens with two attached hydrogens (primary N) is 1. The molecule has 33 nitrogen and oxygen atoms in total. The molecule has 5 aliphatic carbocycles. The number of imide groups is 1. The number of hydrogen-bond acceptors (Lipinski definition) is 23. The molecular weight excluding hydrogens is 1730 g/mol. The fourth-order valence-corrected chi connectivity index (χ4v) is 19.4. The number of amides is 10. The molecule has 0 aromatic heterocycles. The Morgan fingerprint density at radius 1 is 0.541 bits per heavy atom. The van der Waals surface area contributed by atoms with Crippen LogP contribution in [0.1, 0.15) is 208 Å². The molecule has 2 fully saturated rings. The van der Waals surface area contributed by atoms with Crippen molar-refractivity contribution in [1.82, 2.24) is 42.5 Å². The standard InChI is InChI=1S/C99H141N11O22S/c1-68(2)92(94(119)105-65-88(115)106-74-31-27-71-30-34-84-97(3,79(71)63-74)40-16-41-99(84,5)96(121)109-95(120)98(4)39-15-20-76-77-64-75(111)32-28-70(77)29-33-78(76)98)108-93(118)81(22-13-14-42-102-89(116)67-132-83-24-8-6-7-21-80(91(83)100)101-43-48-126-52-56-130-60-58-128-54-50-124-46-37-86(113)104-45-62-133(122)123)107-87(114)38-47-125-51-55-129-59-61-131-57-53-127-49-44-103-85(112)35-36-90(117)110-66-73-19-10-9-17-69(73)25-26-72-18-11-12-23-82(72)110/h9-12,17-19,23,27-28,31-32,63-64,68,76,78,81,83-84,92,101,111H,6-8,13-16,20-22,24,29-30,33-62,65-67,100H2,1-5H3,(H,102,116)(H,103,112)(H,104,113)(H,105,119)(H,106,115)(H,107,114)(H,108,118)(H,122,123)(H,109,120,121)/b91-80-/t76?,78-,81-,83?,84?,92?,97-,98+,99+/m1/s1. The third kappa shape index (κ3) is 32.5. The van der Waals surface area contributed by atoms with E-state index < -0.39 is 81.6 Å². The number of aryl methyl sites for hydroxylation is 2. The number of unbranched alkanes of at least 4 members (excludes halogenated alkanes) is 1. The summed E-state index contributed by atoms with van der Waals surface area (Å²) in [4.78, 5) is 139. The smallest absolute Gasteiger partial charge is 0.246 e. The van der Waals surface area contributed by atoms with Gasteiger partial charge in [-0.15, -0.1) is 0 Å². The minimum atomic E-state index is -1.96. The van der Waals surface area contributed by atoms with E-state index in [9.17, 15) is 57.3 Å². The first-order valence-corrected chi connectivity index (χ1v) is 48.8. The van der Waals surface area contributed by atoms with E-state index in [1.54, 1.807) is 24.8 Å². The molecule has 13 N–H and O–H groups in total. The lowest BCUT2D eigenvalue weighted by atomic mass is 9.49. The number of nitrogens with one attached hydrogen (secondary N) is 9. The molecule has 10 atom stereocenters. The number of carbonyl (C=O) groups excluding carboxylic acids is 10. The maximum atomic E-state index is 14.9. The van der Waals surface area contributed by atoms with Gasteiger partial charge in [0, 0.05) is 74.4 Å². The van der Waals surface area contributed by atoms with Gasteiger partial charge in [0.15, 0.2) is 11.1 Å². The number of nitrogens with zero attached hydrogens (tertiary/aromatic N) is 1. The number of ether oxygens (including phenoxy) is 9. The zero-order valence-corrected chi connectivity index (χ0v) is 79.0. The van der Waals surface area contributed by atoms with Gasteiger partial charge in [-0.1, -0.05) is 115 Å². The SMILES string of the molecule is CC(C)C(NC(=O)[C@@H](CCCCNC(=O)COC1CCCCC/C(NCCOCCOCCOCCOCCC(=O)NCCS(=O)O)=C\1N)NC(=O)CCOCCOCCOCCOCCNC(=O)CCC(=O)N1Cc2ccccc2C#Cc2ccccc21)C(=O)NCC(=O)Nc1ccc2c(c1)[C@@]1(C)CCC[C@](C)(C(=O)NC(=O)[C@@]3(C)CCCC4c5cc(O)ccc5CC[C@H]43)C1CC2. The summed E-state index contributed by atoms with van der Waals surface area (Å²) in [5, 5.41) is 36.5. The molecular formula is C99H141N11O22S. The number of phenolic OH excluding ortho intramolecular Hbond substituents is 1. The second-order valence-corrected chi connectivity index (χ2v) is 37.2. The Bertz CT molecular complexity index is 4660. The molecule has 4 aromatic rings. The van der Waals surface area contributed by atoms with Gasteiger partial charge >= 0.3 is 0 Å². The summed E-state index contributed by atoms with van der Waals surface area (Å²) < 4.78 is 70.6. The number of para-hydroxylation sites is 1. The highest BCUT2D eigenvalue weighted by molar-refractivity contribution is 7.79. The summed E-state index contributed by atoms with van der Waals surface area (Å²) in [6.45, 7) is 14.9. The van der Waals surface area contributed by atoms with Gasteiger partial charge in [-0.05, 0) is 189 Å². The van der Waals surface area contributed by atoms with E-state index in [1.165, 1.54) is 5.56 Å². The van der Waals surface area contributed by atoms with Crippen LogP contribution >= 0.6 is 0 Å². The van der Waals surface area contributed by atoms with Crippen molar-refractivity contribution < 1.29 is 104 Å². The lowest BCUT2D eigenvalue weighted by Crippen LogP contribution is -2.58. The van der Waals surface area contributed by atoms with Crippen molar-refractivity contribution in [2.24, 2.45) is 34.3 Å². The van der Waals surface area contributed by atoms with Crippen LogP contribution in [0.25, 0.3) is 0 Å². The van der Waals surface area contributed by atoms with Crippen LogP contribution in [-0.2, 0) is 126 Å². The molecule has 5 unspecified atom stereocenters. The Balaban J connectivity index is 0.640. The molecule has 34 heteroatoms. The molecule has 1 aliphatic heterocycles. The Labute approximate surface area is 784 Å². The number of benzene rings is 4. The van der Waals surface area contributed by atoms with Crippen molar-refractivity contribution in [3.63, 3.8) is 0 Å². The first kappa shape index (κ1) is 105. The normalized spacial score (nSPS) is 21.3. The largest absolute Gasteiger partial charge is 0.508 e. The average Bonchev–Trinajstić information content (AvgIpc) is 0.719. The van der Waals surface area contributed by atoms with Crippen molar-refractivity contribution in [2.75, 3.05) is 161 Å². The molecule has 0 radical (unpaired) electrons. The molecule has 2 saturated carbocycles. The maximum Gasteiger partial charge on any atom is 0.246 e. The van der Waals surface area contributed by atoms with Crippen LogP contribution in [0.3, 0.4) is 0 Å². The Morgan fingerprint density at radius 3 is 1.86 bits per heavy atom. The van der Waals surface area contributed by atoms with Crippen LogP contribution in [0.15, 0.2) is 96.3 Å². The number of allylic oxidation sites excluding steroid dienone is 1. The van der Waals surface area contributed by atoms with Crippen LogP contribution in [0.2, 0.25) is 0 Å². The highest BCUT2D eigenvalue weighted by Crippen LogP contribution is 2.59. The van der Waals surface area contributed by atoms with Crippen LogP contribution < -0.4 is 58.5 Å². The van der Waals surface area contributed by atoms with Gasteiger partial charge in [0.05, 0.1) is 153 Å². The molecule has 133 heavy (non-hydrogen) atoms. The Kier molecular flexibility index (Phi) is 43.3. The highest BCUT2D eigenvalue weighted by Gasteiger charge is 2.57. The number of rotatable bonds is 55. The van der Waals surface area contributed by atoms with E-state index in [-0.39, 0.29) is 183 Å². The van der Waals surface area contributed by atoms with Gasteiger partial charge in [-0.2, -0.15) is 0 Å². The fraction of sp³-hybridized carbons (Fsp3) is 0.616. The zero-order chi connectivity index (χ0) is 95.0. The van der Waals surface area contributed by atoms with E-state index >= 15 is 0 Å². The lowest BCUT2D eigenvalue weighted by molar-refractivity contribution is -0.149. The van der Waals surface area contributed by atoms with Gasteiger partial charge in [-0.25, -0.2) is 4.21 Å². The summed E-state index contributed by atoms with van der Waals surface area (Å²) in [6, 6.07) is 24.4. The molecule has 4 aromatic carbocycles. The molecule has 6 aliphatic rings. The topological polar surface area (TPSA) is 449 Å². The predicted molar refractivity (Wildman–Crippen MR) is 501 cm³/mol. The minimum Gasteiger partial charge on any atom is -0.508 e. The third-order valence-corrected chi connectivity index (χ3v) is 27.0. The van der Waals surface area contributed by atoms with E-state index in [4.69, 9.17) is 52.9 Å². The minimum absolute atomic E-state index is 0.00155. The van der Waals surface area contributed by atoms with Crippen LogP contribution in [-0.4, -0.2) is 242 Å². The first-order chi connectivity index (χ1) is 64.2. The quantitative estimate of drug-likeness (QED) is 0.00869. The number of hydrogen-bond donors (Lipinski definition) is 12. The highest BCUT2D eigenvalue weighted by atomic mass is 32.2. The monoisotopic (exact) mass is 1870 g/mol. The summed E-state index contributed by atoms with van der Waals surface area (Å²) in [7, 11) is 0. The Morgan fingerprint density at radius 2 is 1.15 bits per heavy atom. The van der Waals surface area contributed by atoms with Gasteiger partial charge < -0.3 is 105 Å². The summed E-state index contributed by atoms with van der Waals surface area (Å²) in [6.07, 6.45) is 12.2. The Hall–Kier alpha value is -9.77. The van der Waals surface area contributed by atoms with Crippen LogP contribution in [0, 0.1) is 40.4 Å². The van der Waals surface area contributed by atoms with Gasteiger partial charge in [0.1, 0.15) is 24.4 Å². The second-order valence-electron chi connectivity index (χ2n) is 36.1. The van der Waals surface area contributed by atoms with Crippen molar-refractivity contribution >= 4 is 81.5 Å². The van der Waals surface area contributed by atoms with Crippen molar-refractivity contribution in [3.05, 3.63) is 135 Å². The van der Waals surface area contributed by atoms with E-state index in [2.05, 4.69) is 66.6 Å². The van der Waals surface area contributed by atoms with Crippen LogP contribution in [0.5, 0.6) is 5.75 Å². The van der Waals surface area contributed by atoms with Gasteiger partial charge in [-0.3, -0.25) is 53.3 Å². The molecule has 1 heterocycles. The van der Waals surface area contributed by atoms with Crippen molar-refractivity contribution in [3.8, 4) is 17.6 Å². The molecule has 0 spiro atoms. The number of phenols is 1. The lowest BCUT2D eigenvalue weighted by Gasteiger charge is -2.55.